The number of benzene rings is 1. The van der Waals surface area contributed by atoms with Gasteiger partial charge in [-0.15, -0.1) is 0 Å². The second-order valence-electron chi connectivity index (χ2n) is 5.68. The molecule has 0 saturated heterocycles. The monoisotopic (exact) mass is 300 g/mol. The highest BCUT2D eigenvalue weighted by Gasteiger charge is 2.27. The molecule has 1 aromatic carbocycles. The zero-order valence-corrected chi connectivity index (χ0v) is 12.8. The molecule has 0 aromatic heterocycles. The second kappa shape index (κ2) is 6.95. The van der Waals surface area contributed by atoms with Gasteiger partial charge in [-0.05, 0) is 33.9 Å². The number of carbonyl (C=O) groups excluding carboxylic acids is 1. The van der Waals surface area contributed by atoms with E-state index in [1.807, 2.05) is 25.8 Å². The predicted octanol–water partition coefficient (Wildman–Crippen LogP) is 1.63. The van der Waals surface area contributed by atoms with Crippen molar-refractivity contribution in [3.8, 4) is 0 Å². The first-order valence-corrected chi connectivity index (χ1v) is 6.78. The van der Waals surface area contributed by atoms with Crippen molar-refractivity contribution in [3.63, 3.8) is 0 Å². The van der Waals surface area contributed by atoms with Crippen LogP contribution in [0.15, 0.2) is 18.2 Å². The summed E-state index contributed by atoms with van der Waals surface area (Å²) < 4.78 is 26.5. The van der Waals surface area contributed by atoms with Crippen molar-refractivity contribution in [1.82, 2.24) is 10.2 Å². The van der Waals surface area contributed by atoms with Gasteiger partial charge in [-0.1, -0.05) is 6.07 Å². The maximum Gasteiger partial charge on any atom is 0.234 e. The maximum atomic E-state index is 13.7. The number of nitrogens with zero attached hydrogens (tertiary/aromatic N) is 1. The highest BCUT2D eigenvalue weighted by molar-refractivity contribution is 5.78. The molecule has 6 heteroatoms. The molecule has 0 fully saturated rings. The van der Waals surface area contributed by atoms with Crippen LogP contribution in [0, 0.1) is 11.6 Å². The lowest BCUT2D eigenvalue weighted by Gasteiger charge is -2.26. The summed E-state index contributed by atoms with van der Waals surface area (Å²) in [7, 11) is 1.81. The third kappa shape index (κ3) is 5.06. The molecule has 0 spiro atoms. The molecule has 0 bridgehead atoms. The van der Waals surface area contributed by atoms with E-state index in [1.54, 1.807) is 0 Å². The van der Waals surface area contributed by atoms with Gasteiger partial charge in [0.15, 0.2) is 0 Å². The summed E-state index contributed by atoms with van der Waals surface area (Å²) in [5.41, 5.74) is -1.66. The Morgan fingerprint density at radius 2 is 2.05 bits per heavy atom. The van der Waals surface area contributed by atoms with Crippen LogP contribution >= 0.6 is 0 Å². The molecular weight excluding hydrogens is 278 g/mol. The first kappa shape index (κ1) is 17.5. The van der Waals surface area contributed by atoms with Crippen LogP contribution in [0.5, 0.6) is 0 Å². The molecule has 0 radical (unpaired) electrons. The number of hydrogen-bond acceptors (Lipinski definition) is 3. The minimum atomic E-state index is -1.61. The van der Waals surface area contributed by atoms with Crippen LogP contribution in [0.1, 0.15) is 26.3 Å². The lowest BCUT2D eigenvalue weighted by atomic mass is 9.95. The van der Waals surface area contributed by atoms with Crippen LogP contribution < -0.4 is 5.32 Å². The number of amides is 1. The van der Waals surface area contributed by atoms with Crippen molar-refractivity contribution in [2.75, 3.05) is 20.1 Å². The topological polar surface area (TPSA) is 52.6 Å². The Morgan fingerprint density at radius 1 is 1.43 bits per heavy atom. The zero-order chi connectivity index (χ0) is 16.2. The fourth-order valence-corrected chi connectivity index (χ4v) is 1.76. The molecule has 2 N–H and O–H groups in total. The molecule has 1 unspecified atom stereocenters. The van der Waals surface area contributed by atoms with Gasteiger partial charge < -0.3 is 10.4 Å². The smallest absolute Gasteiger partial charge is 0.234 e. The molecule has 0 saturated carbocycles. The molecular formula is C15H22F2N2O2. The average Bonchev–Trinajstić information content (AvgIpc) is 2.35. The fourth-order valence-electron chi connectivity index (χ4n) is 1.76. The Hall–Kier alpha value is -1.53. The predicted molar refractivity (Wildman–Crippen MR) is 76.7 cm³/mol. The Morgan fingerprint density at radius 3 is 2.57 bits per heavy atom. The quantitative estimate of drug-likeness (QED) is 0.839. The minimum Gasteiger partial charge on any atom is -0.383 e. The van der Waals surface area contributed by atoms with Gasteiger partial charge in [-0.2, -0.15) is 0 Å². The van der Waals surface area contributed by atoms with Crippen molar-refractivity contribution in [2.45, 2.75) is 32.4 Å². The van der Waals surface area contributed by atoms with Gasteiger partial charge in [0.1, 0.15) is 17.2 Å². The summed E-state index contributed by atoms with van der Waals surface area (Å²) in [6, 6.07) is 3.17. The van der Waals surface area contributed by atoms with Crippen LogP contribution in [-0.4, -0.2) is 42.1 Å². The van der Waals surface area contributed by atoms with Gasteiger partial charge >= 0.3 is 0 Å². The molecule has 1 aromatic rings. The first-order valence-electron chi connectivity index (χ1n) is 6.78. The first-order chi connectivity index (χ1) is 9.63. The van der Waals surface area contributed by atoms with Gasteiger partial charge in [-0.25, -0.2) is 8.78 Å². The lowest BCUT2D eigenvalue weighted by Crippen LogP contribution is -2.44. The number of aliphatic hydroxyl groups is 1. The highest BCUT2D eigenvalue weighted by Crippen LogP contribution is 2.23. The summed E-state index contributed by atoms with van der Waals surface area (Å²) in [6.45, 7) is 5.31. The largest absolute Gasteiger partial charge is 0.383 e. The van der Waals surface area contributed by atoms with Crippen LogP contribution in [0.4, 0.5) is 8.78 Å². The van der Waals surface area contributed by atoms with E-state index in [0.717, 1.165) is 6.07 Å². The van der Waals surface area contributed by atoms with Crippen LogP contribution in [0.2, 0.25) is 0 Å². The summed E-state index contributed by atoms with van der Waals surface area (Å²) >= 11 is 0. The summed E-state index contributed by atoms with van der Waals surface area (Å²) in [5, 5.41) is 12.8. The Balaban J connectivity index is 2.66. The molecule has 4 nitrogen and oxygen atoms in total. The van der Waals surface area contributed by atoms with Crippen molar-refractivity contribution < 1.29 is 18.7 Å². The second-order valence-corrected chi connectivity index (χ2v) is 5.68. The number of halogens is 2. The van der Waals surface area contributed by atoms with E-state index in [9.17, 15) is 18.7 Å². The molecule has 1 rings (SSSR count). The van der Waals surface area contributed by atoms with E-state index >= 15 is 0 Å². The van der Waals surface area contributed by atoms with Crippen molar-refractivity contribution in [3.05, 3.63) is 35.4 Å². The van der Waals surface area contributed by atoms with Crippen molar-refractivity contribution in [1.29, 1.82) is 0 Å². The number of carbonyl (C=O) groups is 1. The SMILES string of the molecule is CC(C)N(C)CC(=O)NCC(C)(O)c1ccc(F)cc1F. The van der Waals surface area contributed by atoms with Crippen molar-refractivity contribution in [2.24, 2.45) is 0 Å². The number of rotatable bonds is 6. The van der Waals surface area contributed by atoms with Gasteiger partial charge in [0.05, 0.1) is 13.1 Å². The van der Waals surface area contributed by atoms with Crippen LogP contribution in [0.3, 0.4) is 0 Å². The van der Waals surface area contributed by atoms with Gasteiger partial charge in [-0.3, -0.25) is 9.69 Å². The molecule has 1 atom stereocenters. The van der Waals surface area contributed by atoms with Crippen LogP contribution in [-0.2, 0) is 10.4 Å². The molecule has 0 aliphatic heterocycles. The normalized spacial score (nSPS) is 14.3. The average molecular weight is 300 g/mol. The van der Waals surface area contributed by atoms with E-state index in [0.29, 0.717) is 6.07 Å². The minimum absolute atomic E-state index is 0.0542. The maximum absolute atomic E-state index is 13.7. The molecule has 118 valence electrons. The molecule has 0 aliphatic rings. The summed E-state index contributed by atoms with van der Waals surface area (Å²) in [4.78, 5) is 13.6. The molecule has 0 heterocycles. The van der Waals surface area contributed by atoms with E-state index in [1.165, 1.54) is 13.0 Å². The van der Waals surface area contributed by atoms with Crippen LogP contribution in [0.25, 0.3) is 0 Å². The number of nitrogens with one attached hydrogen (secondary N) is 1. The number of likely N-dealkylation sites (N-methyl/N-ethyl adjacent to an activating group) is 1. The third-order valence-electron chi connectivity index (χ3n) is 3.42. The molecule has 1 amide bonds. The third-order valence-corrected chi connectivity index (χ3v) is 3.42. The highest BCUT2D eigenvalue weighted by atomic mass is 19.1. The van der Waals surface area contributed by atoms with Crippen molar-refractivity contribution >= 4 is 5.91 Å². The number of hydrogen-bond donors (Lipinski definition) is 2. The van der Waals surface area contributed by atoms with E-state index in [4.69, 9.17) is 0 Å². The van der Waals surface area contributed by atoms with E-state index < -0.39 is 17.2 Å². The zero-order valence-electron chi connectivity index (χ0n) is 12.8. The van der Waals surface area contributed by atoms with Gasteiger partial charge in [0.2, 0.25) is 5.91 Å². The van der Waals surface area contributed by atoms with Gasteiger partial charge in [0.25, 0.3) is 0 Å². The lowest BCUT2D eigenvalue weighted by molar-refractivity contribution is -0.123. The fraction of sp³-hybridized carbons (Fsp3) is 0.533. The standard InChI is InChI=1S/C15H22F2N2O2/c1-10(2)19(4)8-14(20)18-9-15(3,21)12-6-5-11(16)7-13(12)17/h5-7,10,21H,8-9H2,1-4H3,(H,18,20). The summed E-state index contributed by atoms with van der Waals surface area (Å²) in [5.74, 6) is -1.82. The Labute approximate surface area is 123 Å². The Bertz CT molecular complexity index is 504. The van der Waals surface area contributed by atoms with E-state index in [2.05, 4.69) is 5.32 Å². The van der Waals surface area contributed by atoms with E-state index in [-0.39, 0.29) is 30.6 Å². The summed E-state index contributed by atoms with van der Waals surface area (Å²) in [6.07, 6.45) is 0. The van der Waals surface area contributed by atoms with Gasteiger partial charge in [0, 0.05) is 17.7 Å². The molecule has 0 aliphatic carbocycles. The Kier molecular flexibility index (Phi) is 5.80. The molecule has 21 heavy (non-hydrogen) atoms.